The number of allylic oxidation sites excluding steroid dienone is 4. The summed E-state index contributed by atoms with van der Waals surface area (Å²) in [6, 6.07) is 45.7. The van der Waals surface area contributed by atoms with Crippen LogP contribution in [0.4, 0.5) is 49.1 Å². The van der Waals surface area contributed by atoms with E-state index in [0.717, 1.165) is 79.7 Å². The molecule has 8 rings (SSSR count). The van der Waals surface area contributed by atoms with Gasteiger partial charge in [-0.1, -0.05) is 92.7 Å². The Balaban J connectivity index is 0.000000616. The summed E-state index contributed by atoms with van der Waals surface area (Å²) in [5.41, 5.74) is -0.435. The van der Waals surface area contributed by atoms with Gasteiger partial charge in [0.25, 0.3) is 0 Å². The first kappa shape index (κ1) is 71.0. The minimum absolute atomic E-state index is 0. The van der Waals surface area contributed by atoms with E-state index in [1.54, 1.807) is 0 Å². The van der Waals surface area contributed by atoms with Crippen LogP contribution in [-0.4, -0.2) is 78.8 Å². The molecule has 1 radical (unpaired) electrons. The van der Waals surface area contributed by atoms with Crippen LogP contribution < -0.4 is 0 Å². The van der Waals surface area contributed by atoms with Gasteiger partial charge < -0.3 is 30.7 Å². The van der Waals surface area contributed by atoms with E-state index in [1.165, 1.54) is 0 Å². The number of hydrogen-bond donors (Lipinski definition) is 0. The Kier molecular flexibility index (Phi) is 27.1. The molecule has 1 aliphatic rings. The maximum Gasteiger partial charge on any atom is 3.00 e. The van der Waals surface area contributed by atoms with Crippen molar-refractivity contribution in [2.75, 3.05) is 0 Å². The molecule has 425 valence electrons. The summed E-state index contributed by atoms with van der Waals surface area (Å²) in [7, 11) is -12.2. The zero-order chi connectivity index (χ0) is 56.0. The van der Waals surface area contributed by atoms with Crippen molar-refractivity contribution in [1.82, 2.24) is 24.9 Å². The minimum atomic E-state index is -6.09. The van der Waals surface area contributed by atoms with Crippen LogP contribution >= 0.6 is 0 Å². The van der Waals surface area contributed by atoms with E-state index in [4.69, 9.17) is 71.5 Å². The molecule has 0 aliphatic carbocycles. The van der Waals surface area contributed by atoms with Crippen LogP contribution in [0.2, 0.25) is 0 Å². The fourth-order valence-corrected chi connectivity index (χ4v) is 7.21. The van der Waals surface area contributed by atoms with E-state index >= 15 is 0 Å². The van der Waals surface area contributed by atoms with E-state index in [9.17, 15) is 26.3 Å². The van der Waals surface area contributed by atoms with Gasteiger partial charge in [-0.25, -0.2) is 16.8 Å². The molecule has 80 heavy (non-hydrogen) atoms. The molecule has 6 heterocycles. The molecule has 0 spiro atoms. The molecule has 0 saturated heterocycles. The van der Waals surface area contributed by atoms with Gasteiger partial charge in [0.05, 0.1) is 56.4 Å². The van der Waals surface area contributed by atoms with Gasteiger partial charge in [-0.3, -0.25) is 34.9 Å². The van der Waals surface area contributed by atoms with Crippen molar-refractivity contribution in [1.29, 1.82) is 0 Å². The third-order valence-corrected chi connectivity index (χ3v) is 12.0. The molecule has 0 fully saturated rings. The zero-order valence-corrected chi connectivity index (χ0v) is 47.1. The summed E-state index contributed by atoms with van der Waals surface area (Å²) in [6.07, 6.45) is 11.2. The van der Waals surface area contributed by atoms with Gasteiger partial charge >= 0.3 is 27.8 Å². The van der Waals surface area contributed by atoms with Crippen LogP contribution in [0.5, 0.6) is 0 Å². The molecule has 0 bridgehead atoms. The first-order valence-electron chi connectivity index (χ1n) is 22.4. The summed E-state index contributed by atoms with van der Waals surface area (Å²) in [5, 5.41) is 9.43. The quantitative estimate of drug-likeness (QED) is 0.0856. The minimum Gasteiger partial charge on any atom is -2.00 e. The van der Waals surface area contributed by atoms with E-state index in [1.807, 2.05) is 204 Å². The number of nitrogens with zero attached hydrogens (tertiary/aromatic N) is 9. The molecular weight excluding hydrogens is 1180 g/mol. The molecule has 2 aromatic carbocycles. The third kappa shape index (κ3) is 19.1. The van der Waals surface area contributed by atoms with Gasteiger partial charge in [-0.15, -0.1) is 0 Å². The summed E-state index contributed by atoms with van der Waals surface area (Å²) < 4.78 is 118. The van der Waals surface area contributed by atoms with Gasteiger partial charge in [0.1, 0.15) is 0 Å². The van der Waals surface area contributed by atoms with Crippen molar-refractivity contribution < 1.29 is 98.6 Å². The number of fused-ring (bicyclic) bond motifs is 2. The van der Waals surface area contributed by atoms with Crippen LogP contribution in [0.25, 0.3) is 10.6 Å². The molecule has 0 amide bonds. The van der Waals surface area contributed by atoms with Crippen LogP contribution in [0, 0.1) is 0 Å². The maximum absolute atomic E-state index is 10.7. The molecule has 0 saturated carbocycles. The fourth-order valence-electron chi connectivity index (χ4n) is 7.21. The molecule has 27 heteroatoms. The van der Waals surface area contributed by atoms with Crippen molar-refractivity contribution in [3.05, 3.63) is 233 Å². The van der Waals surface area contributed by atoms with Gasteiger partial charge in [0.15, 0.2) is 20.2 Å². The molecule has 17 nitrogen and oxygen atoms in total. The molecule has 0 atom stereocenters. The van der Waals surface area contributed by atoms with E-state index in [-0.39, 0.29) is 46.3 Å². The molecule has 1 aliphatic heterocycles. The second-order valence-corrected chi connectivity index (χ2v) is 19.3. The first-order valence-corrected chi connectivity index (χ1v) is 25.2. The van der Waals surface area contributed by atoms with Crippen LogP contribution in [0.3, 0.4) is 0 Å². The number of benzene rings is 2. The van der Waals surface area contributed by atoms with E-state index < -0.39 is 42.1 Å². The molecule has 7 aromatic rings. The Morgan fingerprint density at radius 3 is 0.938 bits per heavy atom. The number of aromatic nitrogens is 5. The average molecular weight is 1230 g/mol. The van der Waals surface area contributed by atoms with Crippen LogP contribution in [0.15, 0.2) is 198 Å². The molecular formula is C53H49CoF6N9O8S2V-3. The number of halogens is 6. The third-order valence-electron chi connectivity index (χ3n) is 10.8. The van der Waals surface area contributed by atoms with Crippen molar-refractivity contribution in [3.8, 4) is 0 Å². The van der Waals surface area contributed by atoms with Crippen molar-refractivity contribution in [2.45, 2.75) is 63.4 Å². The van der Waals surface area contributed by atoms with E-state index in [2.05, 4.69) is 13.8 Å². The van der Waals surface area contributed by atoms with Crippen molar-refractivity contribution in [2.24, 2.45) is 9.98 Å². The summed E-state index contributed by atoms with van der Waals surface area (Å²) in [5.74, 6) is 0. The Labute approximate surface area is 481 Å². The number of pyridine rings is 5. The molecule has 0 unspecified atom stereocenters. The topological polar surface area (TPSA) is 292 Å². The Bertz CT molecular complexity index is 3150. The fraction of sp³-hybridized carbons (Fsp3) is 0.189. The summed E-state index contributed by atoms with van der Waals surface area (Å²) in [6.45, 7) is 12.1. The van der Waals surface area contributed by atoms with E-state index in [0.29, 0.717) is 0 Å². The summed E-state index contributed by atoms with van der Waals surface area (Å²) >= 11 is 0. The predicted octanol–water partition coefficient (Wildman–Crippen LogP) is 11.9. The van der Waals surface area contributed by atoms with Gasteiger partial charge in [-0.2, -0.15) is 49.1 Å². The number of aliphatic imine (C=N–C) groups is 2. The smallest absolute Gasteiger partial charge is 2.00 e. The normalized spacial score (nSPS) is 14.0. The van der Waals surface area contributed by atoms with Crippen molar-refractivity contribution in [3.63, 3.8) is 0 Å². The zero-order valence-electron chi connectivity index (χ0n) is 43.0. The number of para-hydroxylation sites is 4. The average Bonchev–Trinajstić information content (AvgIpc) is 3.37. The predicted molar refractivity (Wildman–Crippen MR) is 280 cm³/mol. The largest absolute Gasteiger partial charge is 3.00 e. The molecule has 5 aromatic heterocycles. The number of rotatable bonds is 6. The maximum atomic E-state index is 10.7. The van der Waals surface area contributed by atoms with Gasteiger partial charge in [0, 0.05) is 54.8 Å². The second-order valence-electron chi connectivity index (χ2n) is 16.6. The van der Waals surface area contributed by atoms with Crippen molar-refractivity contribution >= 4 is 54.4 Å². The monoisotopic (exact) mass is 1230 g/mol. The SMILES string of the molecule is CC(c1ccccn1)(c1ccccn1)c1cccc(C(C)(c2ccccn2)c2ccccn2)n1.CC1=Nc2ccccc2N=C(C)/C=C(/C)[N-]c2ccccc2[N-]/C(C)=C\1.O.O=S(=O)([O-])C(F)(F)F.O=S(=O)([O-])C(F)(F)F.[Co+3].[O-2].[V]. The first-order chi connectivity index (χ1) is 35.6. The number of alkyl halides is 6. The standard InChI is InChI=1S/C29H25N5.C22H22N4.2CHF3O3S.Co.H2O.O.V/c1-28(22-12-3-7-18-30-22,23-13-4-8-19-31-23)26-16-11-17-27(34-26)29(2,24-14-5-9-20-32-24)25-15-6-10-21-33-25;1-15-13-16(2)24-21-11-7-8-12-22(21)26-18(4)14-17(3)25-20-10-6-5-9-19(20)23-15;2*2-1(3,4)8(5,6)7;;;;/h3-21H,1-2H3;5-14H,1-4H3;2*(H,5,6,7);;1H2;;/q;-2;;;+3;;-2;/p-2/b;15-13-,17-14-,24-16?,26-18?;;;;;;. The second kappa shape index (κ2) is 30.6. The summed E-state index contributed by atoms with van der Waals surface area (Å²) in [4.78, 5) is 33.5. The Hall–Kier alpha value is -6.98. The Morgan fingerprint density at radius 1 is 0.438 bits per heavy atom. The molecule has 2 N–H and O–H groups in total. The number of hydrogen-bond acceptors (Lipinski definition) is 13. The van der Waals surface area contributed by atoms with Gasteiger partial charge in [0.2, 0.25) is 0 Å². The van der Waals surface area contributed by atoms with Crippen LogP contribution in [-0.2, 0) is 71.9 Å². The van der Waals surface area contributed by atoms with Gasteiger partial charge in [-0.05, 0) is 100 Å². The van der Waals surface area contributed by atoms with Crippen LogP contribution in [0.1, 0.15) is 75.7 Å². The Morgan fingerprint density at radius 2 is 0.688 bits per heavy atom.